The average molecular weight is 387 g/mol. The quantitative estimate of drug-likeness (QED) is 0.754. The molecule has 0 radical (unpaired) electrons. The summed E-state index contributed by atoms with van der Waals surface area (Å²) in [7, 11) is 0. The number of carbonyl (C=O) groups is 3. The molecule has 2 fully saturated rings. The smallest absolute Gasteiger partial charge is 0.257 e. The van der Waals surface area contributed by atoms with Crippen molar-refractivity contribution in [2.75, 3.05) is 19.7 Å². The number of benzene rings is 1. The highest BCUT2D eigenvalue weighted by Crippen LogP contribution is 2.39. The van der Waals surface area contributed by atoms with Crippen LogP contribution in [0.3, 0.4) is 0 Å². The van der Waals surface area contributed by atoms with Crippen molar-refractivity contribution in [1.29, 1.82) is 0 Å². The van der Waals surface area contributed by atoms with Crippen LogP contribution in [0.2, 0.25) is 0 Å². The zero-order valence-electron chi connectivity index (χ0n) is 16.9. The third-order valence-corrected chi connectivity index (χ3v) is 5.60. The molecule has 2 aliphatic rings. The van der Waals surface area contributed by atoms with Crippen molar-refractivity contribution in [3.05, 3.63) is 35.4 Å². The third-order valence-electron chi connectivity index (χ3n) is 5.60. The summed E-state index contributed by atoms with van der Waals surface area (Å²) in [6.45, 7) is 8.13. The number of piperidine rings is 1. The van der Waals surface area contributed by atoms with Gasteiger partial charge < -0.3 is 19.5 Å². The van der Waals surface area contributed by atoms with Gasteiger partial charge in [0.25, 0.3) is 5.91 Å². The lowest BCUT2D eigenvalue weighted by atomic mass is 9.91. The number of hydrogen-bond donors (Lipinski definition) is 0. The Hall–Kier alpha value is -2.41. The molecule has 7 nitrogen and oxygen atoms in total. The molecular formula is C21H27N2O5-. The van der Waals surface area contributed by atoms with Crippen molar-refractivity contribution in [3.8, 4) is 0 Å². The predicted molar refractivity (Wildman–Crippen MR) is 100 cm³/mol. The molecular weight excluding hydrogens is 360 g/mol. The number of carboxylic acid groups (broad SMARTS) is 1. The van der Waals surface area contributed by atoms with Crippen molar-refractivity contribution >= 4 is 17.8 Å². The molecule has 1 atom stereocenters. The first-order valence-corrected chi connectivity index (χ1v) is 9.60. The molecule has 3 rings (SSSR count). The predicted octanol–water partition coefficient (Wildman–Crippen LogP) is 0.951. The largest absolute Gasteiger partial charge is 0.548 e. The standard InChI is InChI=1S/C21H28N2O5/c1-14-7-5-6-8-15(14)17(24)23-16(18(25)26)13-28-21(23)9-11-22(12-10-21)19(27)20(2,3)4/h5-8,16H,9-13H2,1-4H3,(H,25,26)/p-1/t16-/m0/s1. The first-order chi connectivity index (χ1) is 13.1. The van der Waals surface area contributed by atoms with Crippen LogP contribution in [0.1, 0.15) is 49.5 Å². The number of rotatable bonds is 2. The Morgan fingerprint density at radius 1 is 1.14 bits per heavy atom. The van der Waals surface area contributed by atoms with E-state index < -0.39 is 23.2 Å². The van der Waals surface area contributed by atoms with Gasteiger partial charge in [-0.25, -0.2) is 0 Å². The van der Waals surface area contributed by atoms with E-state index in [4.69, 9.17) is 4.74 Å². The summed E-state index contributed by atoms with van der Waals surface area (Å²) in [4.78, 5) is 40.7. The maximum Gasteiger partial charge on any atom is 0.257 e. The number of likely N-dealkylation sites (tertiary alicyclic amines) is 1. The Bertz CT molecular complexity index is 790. The first kappa shape index (κ1) is 20.3. The number of aliphatic carboxylic acids is 1. The van der Waals surface area contributed by atoms with Gasteiger partial charge in [0.2, 0.25) is 5.91 Å². The maximum atomic E-state index is 13.3. The monoisotopic (exact) mass is 387 g/mol. The van der Waals surface area contributed by atoms with Crippen LogP contribution in [0.25, 0.3) is 0 Å². The molecule has 1 aromatic rings. The molecule has 2 saturated heterocycles. The van der Waals surface area contributed by atoms with Crippen LogP contribution in [-0.4, -0.2) is 59.0 Å². The second-order valence-corrected chi connectivity index (χ2v) is 8.62. The molecule has 0 aliphatic carbocycles. The van der Waals surface area contributed by atoms with Crippen molar-refractivity contribution in [1.82, 2.24) is 9.80 Å². The van der Waals surface area contributed by atoms with E-state index in [0.717, 1.165) is 5.56 Å². The molecule has 7 heteroatoms. The number of amides is 2. The summed E-state index contributed by atoms with van der Waals surface area (Å²) in [5.41, 5.74) is -0.303. The van der Waals surface area contributed by atoms with Gasteiger partial charge in [-0.1, -0.05) is 39.0 Å². The van der Waals surface area contributed by atoms with Gasteiger partial charge in [-0.15, -0.1) is 0 Å². The lowest BCUT2D eigenvalue weighted by molar-refractivity contribution is -0.310. The molecule has 0 bridgehead atoms. The van der Waals surface area contributed by atoms with Crippen molar-refractivity contribution < 1.29 is 24.2 Å². The highest BCUT2D eigenvalue weighted by atomic mass is 16.5. The Labute approximate surface area is 165 Å². The van der Waals surface area contributed by atoms with Crippen molar-refractivity contribution in [2.45, 2.75) is 52.3 Å². The van der Waals surface area contributed by atoms with Gasteiger partial charge in [0.05, 0.1) is 18.6 Å². The maximum absolute atomic E-state index is 13.3. The van der Waals surface area contributed by atoms with Gasteiger partial charge in [0, 0.05) is 36.9 Å². The van der Waals surface area contributed by atoms with Crippen molar-refractivity contribution in [2.24, 2.45) is 5.41 Å². The van der Waals surface area contributed by atoms with Gasteiger partial charge >= 0.3 is 0 Å². The minimum absolute atomic E-state index is 0.0357. The number of aryl methyl sites for hydroxylation is 1. The molecule has 0 unspecified atom stereocenters. The molecule has 0 aromatic heterocycles. The number of nitrogens with zero attached hydrogens (tertiary/aromatic N) is 2. The van der Waals surface area contributed by atoms with Crippen LogP contribution < -0.4 is 5.11 Å². The molecule has 0 N–H and O–H groups in total. The van der Waals surface area contributed by atoms with Crippen LogP contribution in [0.4, 0.5) is 0 Å². The number of carboxylic acids is 1. The van der Waals surface area contributed by atoms with E-state index in [1.807, 2.05) is 39.8 Å². The lowest BCUT2D eigenvalue weighted by Crippen LogP contribution is -2.60. The van der Waals surface area contributed by atoms with Crippen LogP contribution in [0.5, 0.6) is 0 Å². The second kappa shape index (κ2) is 7.20. The normalized spacial score (nSPS) is 21.8. The fraction of sp³-hybridized carbons (Fsp3) is 0.571. The van der Waals surface area contributed by atoms with Gasteiger partial charge in [0.1, 0.15) is 5.72 Å². The summed E-state index contributed by atoms with van der Waals surface area (Å²) in [6.07, 6.45) is 0.743. The summed E-state index contributed by atoms with van der Waals surface area (Å²) in [5.74, 6) is -1.67. The van der Waals surface area contributed by atoms with Crippen LogP contribution in [0, 0.1) is 12.3 Å². The molecule has 2 amide bonds. The summed E-state index contributed by atoms with van der Waals surface area (Å²) < 4.78 is 5.91. The second-order valence-electron chi connectivity index (χ2n) is 8.62. The molecule has 152 valence electrons. The van der Waals surface area contributed by atoms with Crippen LogP contribution in [0.15, 0.2) is 24.3 Å². The Balaban J connectivity index is 1.88. The Morgan fingerprint density at radius 2 is 1.75 bits per heavy atom. The van der Waals surface area contributed by atoms with E-state index in [1.165, 1.54) is 4.90 Å². The Kier molecular flexibility index (Phi) is 5.23. The van der Waals surface area contributed by atoms with E-state index in [0.29, 0.717) is 31.5 Å². The van der Waals surface area contributed by atoms with E-state index in [9.17, 15) is 19.5 Å². The first-order valence-electron chi connectivity index (χ1n) is 9.60. The third kappa shape index (κ3) is 3.51. The van der Waals surface area contributed by atoms with Gasteiger partial charge in [-0.2, -0.15) is 0 Å². The van der Waals surface area contributed by atoms with E-state index >= 15 is 0 Å². The highest BCUT2D eigenvalue weighted by Gasteiger charge is 2.53. The Morgan fingerprint density at radius 3 is 2.29 bits per heavy atom. The van der Waals surface area contributed by atoms with E-state index in [1.54, 1.807) is 17.0 Å². The number of carbonyl (C=O) groups excluding carboxylic acids is 3. The fourth-order valence-electron chi connectivity index (χ4n) is 4.02. The molecule has 2 heterocycles. The van der Waals surface area contributed by atoms with E-state index in [2.05, 4.69) is 0 Å². The fourth-order valence-corrected chi connectivity index (χ4v) is 4.02. The highest BCUT2D eigenvalue weighted by molar-refractivity contribution is 5.98. The van der Waals surface area contributed by atoms with Gasteiger partial charge in [-0.3, -0.25) is 14.5 Å². The summed E-state index contributed by atoms with van der Waals surface area (Å²) >= 11 is 0. The SMILES string of the molecule is Cc1ccccc1C(=O)N1[C@H](C(=O)[O-])COC12CCN(C(=O)C(C)(C)C)CC2. The molecule has 28 heavy (non-hydrogen) atoms. The van der Waals surface area contributed by atoms with E-state index in [-0.39, 0.29) is 18.4 Å². The van der Waals surface area contributed by atoms with Crippen molar-refractivity contribution in [3.63, 3.8) is 0 Å². The lowest BCUT2D eigenvalue weighted by Gasteiger charge is -2.46. The average Bonchev–Trinajstić information content (AvgIpc) is 3.00. The molecule has 0 saturated carbocycles. The van der Waals surface area contributed by atoms with Gasteiger partial charge in [-0.05, 0) is 18.6 Å². The molecule has 2 aliphatic heterocycles. The number of ether oxygens (including phenoxy) is 1. The minimum atomic E-state index is -1.33. The van der Waals surface area contributed by atoms with Gasteiger partial charge in [0.15, 0.2) is 0 Å². The van der Waals surface area contributed by atoms with Crippen LogP contribution >= 0.6 is 0 Å². The summed E-state index contributed by atoms with van der Waals surface area (Å²) in [6, 6.07) is 5.94. The summed E-state index contributed by atoms with van der Waals surface area (Å²) in [5, 5.41) is 11.7. The zero-order valence-corrected chi connectivity index (χ0v) is 16.9. The topological polar surface area (TPSA) is 90.0 Å². The molecule has 1 aromatic carbocycles. The molecule has 1 spiro atoms. The minimum Gasteiger partial charge on any atom is -0.548 e. The zero-order chi connectivity index (χ0) is 20.7. The van der Waals surface area contributed by atoms with Crippen LogP contribution in [-0.2, 0) is 14.3 Å². The number of hydrogen-bond acceptors (Lipinski definition) is 5.